The largest absolute Gasteiger partial charge is 0.496 e. The highest BCUT2D eigenvalue weighted by Gasteiger charge is 2.28. The number of hydrogen-bond acceptors (Lipinski definition) is 7. The average molecular weight is 522 g/mol. The number of anilines is 1. The number of rotatable bonds is 8. The van der Waals surface area contributed by atoms with Gasteiger partial charge in [-0.25, -0.2) is 9.78 Å². The third kappa shape index (κ3) is 5.94. The van der Waals surface area contributed by atoms with Crippen molar-refractivity contribution in [2.45, 2.75) is 52.6 Å². The zero-order chi connectivity index (χ0) is 26.5. The molecule has 0 saturated heterocycles. The number of carbonyl (C=O) groups excluding carboxylic acids is 2. The number of amides is 2. The number of nitrogens with one attached hydrogen (secondary N) is 1. The number of benzene rings is 1. The summed E-state index contributed by atoms with van der Waals surface area (Å²) in [5.74, 6) is 1.38. The lowest BCUT2D eigenvalue weighted by molar-refractivity contribution is -0.116. The highest BCUT2D eigenvalue weighted by Crippen LogP contribution is 2.37. The zero-order valence-electron chi connectivity index (χ0n) is 21.5. The number of ether oxygens (including phenoxy) is 2. The van der Waals surface area contributed by atoms with Crippen molar-refractivity contribution in [1.82, 2.24) is 14.5 Å². The fourth-order valence-electron chi connectivity index (χ4n) is 4.53. The summed E-state index contributed by atoms with van der Waals surface area (Å²) in [5.41, 5.74) is 3.45. The molecular formula is C27H31N5O4S. The van der Waals surface area contributed by atoms with Crippen molar-refractivity contribution in [2.75, 3.05) is 25.6 Å². The Bertz CT molecular complexity index is 1340. The minimum Gasteiger partial charge on any atom is -0.496 e. The van der Waals surface area contributed by atoms with E-state index in [1.54, 1.807) is 18.2 Å². The molecule has 4 rings (SSSR count). The van der Waals surface area contributed by atoms with Crippen molar-refractivity contribution in [3.05, 3.63) is 63.5 Å². The van der Waals surface area contributed by atoms with E-state index in [9.17, 15) is 14.9 Å². The van der Waals surface area contributed by atoms with Gasteiger partial charge in [-0.1, -0.05) is 24.6 Å². The van der Waals surface area contributed by atoms with E-state index in [0.717, 1.165) is 33.1 Å². The van der Waals surface area contributed by atoms with Crippen molar-refractivity contribution in [1.29, 1.82) is 5.26 Å². The second-order valence-electron chi connectivity index (χ2n) is 9.17. The molecule has 0 fully saturated rings. The summed E-state index contributed by atoms with van der Waals surface area (Å²) in [6.45, 7) is 7.48. The molecule has 1 aliphatic rings. The Morgan fingerprint density at radius 2 is 2.14 bits per heavy atom. The van der Waals surface area contributed by atoms with Crippen LogP contribution in [0.25, 0.3) is 0 Å². The van der Waals surface area contributed by atoms with Gasteiger partial charge in [0.25, 0.3) is 0 Å². The van der Waals surface area contributed by atoms with Gasteiger partial charge in [0, 0.05) is 30.2 Å². The van der Waals surface area contributed by atoms with Crippen molar-refractivity contribution < 1.29 is 19.1 Å². The predicted octanol–water partition coefficient (Wildman–Crippen LogP) is 4.77. The Balaban J connectivity index is 1.38. The molecule has 9 nitrogen and oxygen atoms in total. The van der Waals surface area contributed by atoms with Crippen molar-refractivity contribution in [2.24, 2.45) is 0 Å². The van der Waals surface area contributed by atoms with Gasteiger partial charge in [0.05, 0.1) is 25.8 Å². The Labute approximate surface area is 220 Å². The normalized spacial score (nSPS) is 13.4. The number of nitriles is 1. The molecule has 1 atom stereocenters. The lowest BCUT2D eigenvalue weighted by atomic mass is 9.95. The highest BCUT2D eigenvalue weighted by atomic mass is 32.1. The van der Waals surface area contributed by atoms with E-state index < -0.39 is 0 Å². The first-order valence-electron chi connectivity index (χ1n) is 12.2. The molecule has 2 aromatic heterocycles. The summed E-state index contributed by atoms with van der Waals surface area (Å²) in [4.78, 5) is 32.3. The molecule has 3 heterocycles. The number of fused-ring (bicyclic) bond motifs is 1. The molecule has 1 N–H and O–H groups in total. The summed E-state index contributed by atoms with van der Waals surface area (Å²) < 4.78 is 12.9. The van der Waals surface area contributed by atoms with Crippen LogP contribution >= 0.6 is 11.3 Å². The summed E-state index contributed by atoms with van der Waals surface area (Å²) in [6.07, 6.45) is 3.96. The summed E-state index contributed by atoms with van der Waals surface area (Å²) in [5, 5.41) is 13.3. The Kier molecular flexibility index (Phi) is 8.14. The van der Waals surface area contributed by atoms with E-state index in [-0.39, 0.29) is 30.9 Å². The second kappa shape index (κ2) is 11.5. The summed E-state index contributed by atoms with van der Waals surface area (Å²) >= 11 is 1.35. The molecule has 1 aromatic carbocycles. The molecule has 10 heteroatoms. The van der Waals surface area contributed by atoms with E-state index in [4.69, 9.17) is 9.47 Å². The maximum atomic E-state index is 12.9. The molecule has 2 amide bonds. The molecule has 1 aliphatic heterocycles. The van der Waals surface area contributed by atoms with E-state index in [0.29, 0.717) is 36.6 Å². The topological polar surface area (TPSA) is 109 Å². The standard InChI is InChI=1S/C27H31N5O4S/c1-17-5-6-23(35-4)21(13-17)18(2)14-25(33)30-26-22(15-28)20-7-9-32(16-24(20)37-26)27(34)36-12-11-31-10-8-29-19(31)3/h5-6,8,10,13,18H,7,9,11-12,14,16H2,1-4H3,(H,30,33)/t18-/m0/s1. The minimum atomic E-state index is -0.387. The quantitative estimate of drug-likeness (QED) is 0.457. The van der Waals surface area contributed by atoms with Crippen LogP contribution in [-0.4, -0.2) is 46.7 Å². The van der Waals surface area contributed by atoms with Crippen molar-refractivity contribution in [3.8, 4) is 11.8 Å². The Morgan fingerprint density at radius 3 is 2.84 bits per heavy atom. The molecule has 194 valence electrons. The zero-order valence-corrected chi connectivity index (χ0v) is 22.4. The van der Waals surface area contributed by atoms with E-state index >= 15 is 0 Å². The van der Waals surface area contributed by atoms with Crippen LogP contribution in [-0.2, 0) is 29.0 Å². The van der Waals surface area contributed by atoms with Gasteiger partial charge in [-0.15, -0.1) is 11.3 Å². The monoisotopic (exact) mass is 521 g/mol. The maximum Gasteiger partial charge on any atom is 0.410 e. The number of carbonyl (C=O) groups is 2. The van der Waals surface area contributed by atoms with Gasteiger partial charge in [0.2, 0.25) is 5.91 Å². The third-order valence-electron chi connectivity index (χ3n) is 6.57. The minimum absolute atomic E-state index is 0.0636. The van der Waals surface area contributed by atoms with E-state index in [1.807, 2.05) is 49.7 Å². The fraction of sp³-hybridized carbons (Fsp3) is 0.407. The summed E-state index contributed by atoms with van der Waals surface area (Å²) in [7, 11) is 1.62. The Morgan fingerprint density at radius 1 is 1.32 bits per heavy atom. The van der Waals surface area contributed by atoms with Gasteiger partial charge >= 0.3 is 6.09 Å². The van der Waals surface area contributed by atoms with Gasteiger partial charge < -0.3 is 24.3 Å². The molecule has 0 aliphatic carbocycles. The molecule has 0 unspecified atom stereocenters. The van der Waals surface area contributed by atoms with Crippen molar-refractivity contribution >= 4 is 28.3 Å². The molecule has 0 spiro atoms. The van der Waals surface area contributed by atoms with Crippen LogP contribution in [0.5, 0.6) is 5.75 Å². The smallest absolute Gasteiger partial charge is 0.410 e. The number of thiophene rings is 1. The molecule has 3 aromatic rings. The van der Waals surface area contributed by atoms with Crippen molar-refractivity contribution in [3.63, 3.8) is 0 Å². The van der Waals surface area contributed by atoms with Crippen LogP contribution in [0.15, 0.2) is 30.6 Å². The van der Waals surface area contributed by atoms with Gasteiger partial charge in [0.15, 0.2) is 0 Å². The van der Waals surface area contributed by atoms with Crippen LogP contribution in [0.4, 0.5) is 9.80 Å². The molecule has 0 radical (unpaired) electrons. The Hall–Kier alpha value is -3.84. The highest BCUT2D eigenvalue weighted by molar-refractivity contribution is 7.16. The predicted molar refractivity (Wildman–Crippen MR) is 141 cm³/mol. The second-order valence-corrected chi connectivity index (χ2v) is 10.3. The summed E-state index contributed by atoms with van der Waals surface area (Å²) in [6, 6.07) is 8.17. The van der Waals surface area contributed by atoms with Gasteiger partial charge in [-0.3, -0.25) is 4.79 Å². The number of imidazole rings is 1. The lowest BCUT2D eigenvalue weighted by Crippen LogP contribution is -2.36. The number of aromatic nitrogens is 2. The molecule has 37 heavy (non-hydrogen) atoms. The molecular weight excluding hydrogens is 490 g/mol. The van der Waals surface area contributed by atoms with Crippen LogP contribution in [0.2, 0.25) is 0 Å². The molecule has 0 saturated carbocycles. The average Bonchev–Trinajstić information content (AvgIpc) is 3.45. The van der Waals surface area contributed by atoms with Crippen LogP contribution in [0.3, 0.4) is 0 Å². The number of methoxy groups -OCH3 is 1. The van der Waals surface area contributed by atoms with E-state index in [2.05, 4.69) is 16.4 Å². The molecule has 0 bridgehead atoms. The maximum absolute atomic E-state index is 12.9. The van der Waals surface area contributed by atoms with Crippen LogP contribution in [0.1, 0.15) is 52.2 Å². The number of hydrogen-bond donors (Lipinski definition) is 1. The number of aryl methyl sites for hydroxylation is 2. The first-order chi connectivity index (χ1) is 17.8. The van der Waals surface area contributed by atoms with Gasteiger partial charge in [0.1, 0.15) is 29.3 Å². The van der Waals surface area contributed by atoms with Crippen LogP contribution in [0, 0.1) is 25.2 Å². The fourth-order valence-corrected chi connectivity index (χ4v) is 5.76. The van der Waals surface area contributed by atoms with Gasteiger partial charge in [-0.05, 0) is 43.4 Å². The third-order valence-corrected chi connectivity index (χ3v) is 7.70. The van der Waals surface area contributed by atoms with E-state index in [1.165, 1.54) is 11.3 Å². The van der Waals surface area contributed by atoms with Crippen LogP contribution < -0.4 is 10.1 Å². The first kappa shape index (κ1) is 26.2. The van der Waals surface area contributed by atoms with Gasteiger partial charge in [-0.2, -0.15) is 5.26 Å². The number of nitrogens with zero attached hydrogens (tertiary/aromatic N) is 4. The first-order valence-corrected chi connectivity index (χ1v) is 13.0. The SMILES string of the molecule is COc1ccc(C)cc1[C@@H](C)CC(=O)Nc1sc2c(c1C#N)CCN(C(=O)OCCn1ccnc1C)C2. The lowest BCUT2D eigenvalue weighted by Gasteiger charge is -2.26.